The molecule has 0 unspecified atom stereocenters. The lowest BCUT2D eigenvalue weighted by atomic mass is 10.2. The van der Waals surface area contributed by atoms with Crippen LogP contribution in [0.3, 0.4) is 0 Å². The van der Waals surface area contributed by atoms with Crippen LogP contribution in [0.1, 0.15) is 5.56 Å². The quantitative estimate of drug-likeness (QED) is 0.683. The number of fused-ring (bicyclic) bond motifs is 1. The predicted octanol–water partition coefficient (Wildman–Crippen LogP) is 3.51. The molecule has 2 aliphatic heterocycles. The zero-order chi connectivity index (χ0) is 19.6. The van der Waals surface area contributed by atoms with Gasteiger partial charge in [0.05, 0.1) is 7.11 Å². The Bertz CT molecular complexity index is 983. The number of anilines is 4. The summed E-state index contributed by atoms with van der Waals surface area (Å²) in [7, 11) is 1.70. The van der Waals surface area contributed by atoms with E-state index >= 15 is 0 Å². The molecule has 6 heteroatoms. The zero-order valence-electron chi connectivity index (χ0n) is 16.7. The molecule has 29 heavy (non-hydrogen) atoms. The normalized spacial score (nSPS) is 16.1. The van der Waals surface area contributed by atoms with E-state index in [-0.39, 0.29) is 0 Å². The van der Waals surface area contributed by atoms with Gasteiger partial charge in [-0.15, -0.1) is 0 Å². The SMILES string of the molecule is COc1ccc(N2CCN(c3cc(N4CCc5ccccc54)ncn3)CC2)cc1. The van der Waals surface area contributed by atoms with Crippen LogP contribution in [0, 0.1) is 0 Å². The largest absolute Gasteiger partial charge is 0.497 e. The number of methoxy groups -OCH3 is 1. The lowest BCUT2D eigenvalue weighted by molar-refractivity contribution is 0.415. The molecule has 0 spiro atoms. The first-order valence-corrected chi connectivity index (χ1v) is 10.1. The predicted molar refractivity (Wildman–Crippen MR) is 117 cm³/mol. The summed E-state index contributed by atoms with van der Waals surface area (Å²) in [5, 5.41) is 0. The maximum atomic E-state index is 5.26. The third kappa shape index (κ3) is 3.46. The molecule has 0 saturated carbocycles. The minimum absolute atomic E-state index is 0.893. The molecule has 3 aromatic rings. The number of benzene rings is 2. The number of piperazine rings is 1. The Kier molecular flexibility index (Phi) is 4.68. The molecule has 148 valence electrons. The summed E-state index contributed by atoms with van der Waals surface area (Å²) in [6.07, 6.45) is 2.76. The molecular formula is C23H25N5O. The Hall–Kier alpha value is -3.28. The highest BCUT2D eigenvalue weighted by Gasteiger charge is 2.23. The van der Waals surface area contributed by atoms with Crippen molar-refractivity contribution in [3.63, 3.8) is 0 Å². The topological polar surface area (TPSA) is 44.7 Å². The van der Waals surface area contributed by atoms with E-state index in [1.807, 2.05) is 12.1 Å². The standard InChI is InChI=1S/C23H25N5O/c1-29-20-8-6-19(7-9-20)26-12-14-27(15-13-26)22-16-23(25-17-24-22)28-11-10-18-4-2-3-5-21(18)28/h2-9,16-17H,10-15H2,1H3. The van der Waals surface area contributed by atoms with Crippen LogP contribution in [0.4, 0.5) is 23.0 Å². The van der Waals surface area contributed by atoms with Gasteiger partial charge in [0, 0.05) is 50.2 Å². The average Bonchev–Trinajstić information content (AvgIpc) is 3.24. The molecule has 0 N–H and O–H groups in total. The molecule has 0 amide bonds. The van der Waals surface area contributed by atoms with Gasteiger partial charge in [0.1, 0.15) is 23.7 Å². The summed E-state index contributed by atoms with van der Waals surface area (Å²) >= 11 is 0. The van der Waals surface area contributed by atoms with Gasteiger partial charge in [0.15, 0.2) is 0 Å². The van der Waals surface area contributed by atoms with Crippen molar-refractivity contribution in [1.29, 1.82) is 0 Å². The Labute approximate surface area is 171 Å². The van der Waals surface area contributed by atoms with Gasteiger partial charge in [0.25, 0.3) is 0 Å². The third-order valence-electron chi connectivity index (χ3n) is 5.84. The number of para-hydroxylation sites is 1. The Morgan fingerprint density at radius 1 is 0.793 bits per heavy atom. The molecule has 0 aliphatic carbocycles. The first-order chi connectivity index (χ1) is 14.3. The highest BCUT2D eigenvalue weighted by Crippen LogP contribution is 2.34. The van der Waals surface area contributed by atoms with Gasteiger partial charge in [-0.1, -0.05) is 18.2 Å². The van der Waals surface area contributed by atoms with Gasteiger partial charge in [-0.25, -0.2) is 9.97 Å². The van der Waals surface area contributed by atoms with Crippen molar-refractivity contribution < 1.29 is 4.74 Å². The minimum atomic E-state index is 0.893. The van der Waals surface area contributed by atoms with Crippen LogP contribution in [-0.4, -0.2) is 49.8 Å². The molecule has 6 nitrogen and oxygen atoms in total. The molecule has 3 heterocycles. The van der Waals surface area contributed by atoms with Crippen LogP contribution in [0.2, 0.25) is 0 Å². The number of ether oxygens (including phenoxy) is 1. The summed E-state index contributed by atoms with van der Waals surface area (Å²) < 4.78 is 5.26. The fraction of sp³-hybridized carbons (Fsp3) is 0.304. The third-order valence-corrected chi connectivity index (χ3v) is 5.84. The molecule has 2 aromatic carbocycles. The minimum Gasteiger partial charge on any atom is -0.497 e. The molecular weight excluding hydrogens is 362 g/mol. The van der Waals surface area contributed by atoms with Crippen LogP contribution in [0.15, 0.2) is 60.9 Å². The van der Waals surface area contributed by atoms with Gasteiger partial charge >= 0.3 is 0 Å². The van der Waals surface area contributed by atoms with Crippen LogP contribution in [-0.2, 0) is 6.42 Å². The highest BCUT2D eigenvalue weighted by molar-refractivity contribution is 5.69. The fourth-order valence-corrected chi connectivity index (χ4v) is 4.22. The van der Waals surface area contributed by atoms with E-state index in [9.17, 15) is 0 Å². The second-order valence-electron chi connectivity index (χ2n) is 7.44. The molecule has 1 aromatic heterocycles. The summed E-state index contributed by atoms with van der Waals surface area (Å²) in [5.41, 5.74) is 3.89. The number of rotatable bonds is 4. The summed E-state index contributed by atoms with van der Waals surface area (Å²) in [4.78, 5) is 16.2. The van der Waals surface area contributed by atoms with Crippen LogP contribution < -0.4 is 19.4 Å². The average molecular weight is 387 g/mol. The molecule has 1 fully saturated rings. The summed E-state index contributed by atoms with van der Waals surface area (Å²) in [6, 6.07) is 19.0. The first-order valence-electron chi connectivity index (χ1n) is 10.1. The summed E-state index contributed by atoms with van der Waals surface area (Å²) in [6.45, 7) is 4.80. The number of hydrogen-bond acceptors (Lipinski definition) is 6. The second-order valence-corrected chi connectivity index (χ2v) is 7.44. The van der Waals surface area contributed by atoms with Crippen molar-refractivity contribution in [2.45, 2.75) is 6.42 Å². The lowest BCUT2D eigenvalue weighted by Gasteiger charge is -2.37. The van der Waals surface area contributed by atoms with Crippen molar-refractivity contribution in [2.75, 3.05) is 54.5 Å². The lowest BCUT2D eigenvalue weighted by Crippen LogP contribution is -2.46. The molecule has 0 radical (unpaired) electrons. The van der Waals surface area contributed by atoms with Crippen molar-refractivity contribution in [3.8, 4) is 5.75 Å². The van der Waals surface area contributed by atoms with Gasteiger partial charge in [-0.05, 0) is 42.3 Å². The fourth-order valence-electron chi connectivity index (χ4n) is 4.22. The van der Waals surface area contributed by atoms with Crippen LogP contribution in [0.5, 0.6) is 5.75 Å². The Morgan fingerprint density at radius 2 is 1.52 bits per heavy atom. The first kappa shape index (κ1) is 17.8. The van der Waals surface area contributed by atoms with E-state index in [0.717, 1.165) is 56.5 Å². The molecule has 2 aliphatic rings. The van der Waals surface area contributed by atoms with Gasteiger partial charge in [-0.2, -0.15) is 0 Å². The smallest absolute Gasteiger partial charge is 0.138 e. The number of hydrogen-bond donors (Lipinski definition) is 0. The van der Waals surface area contributed by atoms with E-state index in [1.165, 1.54) is 16.9 Å². The van der Waals surface area contributed by atoms with Crippen molar-refractivity contribution >= 4 is 23.0 Å². The van der Waals surface area contributed by atoms with Crippen molar-refractivity contribution in [1.82, 2.24) is 9.97 Å². The van der Waals surface area contributed by atoms with Gasteiger partial charge in [-0.3, -0.25) is 0 Å². The Morgan fingerprint density at radius 3 is 2.31 bits per heavy atom. The highest BCUT2D eigenvalue weighted by atomic mass is 16.5. The molecule has 1 saturated heterocycles. The molecule has 0 bridgehead atoms. The van der Waals surface area contributed by atoms with E-state index in [2.05, 4.69) is 67.1 Å². The monoisotopic (exact) mass is 387 g/mol. The molecule has 5 rings (SSSR count). The second kappa shape index (κ2) is 7.62. The number of aromatic nitrogens is 2. The van der Waals surface area contributed by atoms with Crippen molar-refractivity contribution in [2.24, 2.45) is 0 Å². The number of nitrogens with zero attached hydrogens (tertiary/aromatic N) is 5. The van der Waals surface area contributed by atoms with E-state index < -0.39 is 0 Å². The maximum absolute atomic E-state index is 5.26. The van der Waals surface area contributed by atoms with Crippen molar-refractivity contribution in [3.05, 3.63) is 66.5 Å². The van der Waals surface area contributed by atoms with E-state index in [4.69, 9.17) is 4.74 Å². The van der Waals surface area contributed by atoms with Gasteiger partial charge in [0.2, 0.25) is 0 Å². The maximum Gasteiger partial charge on any atom is 0.138 e. The van der Waals surface area contributed by atoms with Gasteiger partial charge < -0.3 is 19.4 Å². The summed E-state index contributed by atoms with van der Waals surface area (Å²) in [5.74, 6) is 2.88. The molecule has 0 atom stereocenters. The Balaban J connectivity index is 1.29. The van der Waals surface area contributed by atoms with Crippen LogP contribution in [0.25, 0.3) is 0 Å². The van der Waals surface area contributed by atoms with E-state index in [0.29, 0.717) is 0 Å². The zero-order valence-corrected chi connectivity index (χ0v) is 16.7. The van der Waals surface area contributed by atoms with E-state index in [1.54, 1.807) is 13.4 Å². The van der Waals surface area contributed by atoms with Crippen LogP contribution >= 0.6 is 0 Å².